The van der Waals surface area contributed by atoms with E-state index in [0.29, 0.717) is 0 Å². The van der Waals surface area contributed by atoms with Gasteiger partial charge in [0.2, 0.25) is 0 Å². The Balaban J connectivity index is 1.83. The molecule has 94 valence electrons. The lowest BCUT2D eigenvalue weighted by molar-refractivity contribution is 0.376. The van der Waals surface area contributed by atoms with Crippen LogP contribution in [0.5, 0.6) is 0 Å². The summed E-state index contributed by atoms with van der Waals surface area (Å²) in [6.45, 7) is 4.46. The van der Waals surface area contributed by atoms with E-state index >= 15 is 0 Å². The van der Waals surface area contributed by atoms with Crippen molar-refractivity contribution in [2.45, 2.75) is 26.2 Å². The predicted octanol–water partition coefficient (Wildman–Crippen LogP) is 3.09. The maximum Gasteiger partial charge on any atom is 0.0702 e. The minimum Gasteiger partial charge on any atom is -0.316 e. The molecule has 1 aliphatic heterocycles. The molecule has 1 saturated heterocycles. The summed E-state index contributed by atoms with van der Waals surface area (Å²) in [5.41, 5.74) is 3.79. The van der Waals surface area contributed by atoms with Crippen LogP contribution >= 0.6 is 0 Å². The van der Waals surface area contributed by atoms with E-state index in [1.165, 1.54) is 48.9 Å². The van der Waals surface area contributed by atoms with Crippen molar-refractivity contribution in [3.63, 3.8) is 0 Å². The molecule has 1 aromatic heterocycles. The van der Waals surface area contributed by atoms with Gasteiger partial charge in [-0.1, -0.05) is 6.07 Å². The summed E-state index contributed by atoms with van der Waals surface area (Å²) in [6.07, 6.45) is 5.81. The molecule has 1 aliphatic rings. The fourth-order valence-electron chi connectivity index (χ4n) is 2.85. The molecule has 0 aliphatic carbocycles. The summed E-state index contributed by atoms with van der Waals surface area (Å²) >= 11 is 0. The highest BCUT2D eigenvalue weighted by Crippen LogP contribution is 2.20. The first-order valence-corrected chi connectivity index (χ1v) is 6.87. The number of aryl methyl sites for hydroxylation is 1. The van der Waals surface area contributed by atoms with E-state index in [9.17, 15) is 0 Å². The topological polar surface area (TPSA) is 24.9 Å². The van der Waals surface area contributed by atoms with E-state index in [4.69, 9.17) is 0 Å². The van der Waals surface area contributed by atoms with Gasteiger partial charge in [0.05, 0.1) is 5.52 Å². The number of piperidine rings is 1. The lowest BCUT2D eigenvalue weighted by atomic mass is 9.92. The Morgan fingerprint density at radius 2 is 2.28 bits per heavy atom. The lowest BCUT2D eigenvalue weighted by Gasteiger charge is -2.22. The van der Waals surface area contributed by atoms with Crippen LogP contribution in [0.2, 0.25) is 0 Å². The summed E-state index contributed by atoms with van der Waals surface area (Å²) in [6, 6.07) is 8.93. The van der Waals surface area contributed by atoms with Gasteiger partial charge in [-0.25, -0.2) is 0 Å². The Labute approximate surface area is 108 Å². The van der Waals surface area contributed by atoms with E-state index < -0.39 is 0 Å². The van der Waals surface area contributed by atoms with Crippen LogP contribution in [0, 0.1) is 12.8 Å². The van der Waals surface area contributed by atoms with Crippen molar-refractivity contribution in [2.24, 2.45) is 5.92 Å². The largest absolute Gasteiger partial charge is 0.316 e. The van der Waals surface area contributed by atoms with Crippen molar-refractivity contribution in [1.29, 1.82) is 0 Å². The van der Waals surface area contributed by atoms with Crippen molar-refractivity contribution in [1.82, 2.24) is 10.3 Å². The van der Waals surface area contributed by atoms with Crippen LogP contribution in [0.1, 0.15) is 24.0 Å². The summed E-state index contributed by atoms with van der Waals surface area (Å²) in [5.74, 6) is 0.800. The average molecular weight is 240 g/mol. The molecule has 2 aromatic rings. The molecular weight excluding hydrogens is 220 g/mol. The molecule has 0 amide bonds. The number of rotatable bonds is 2. The van der Waals surface area contributed by atoms with Crippen LogP contribution in [0.25, 0.3) is 10.9 Å². The van der Waals surface area contributed by atoms with Gasteiger partial charge in [-0.05, 0) is 74.5 Å². The normalized spacial score (nSPS) is 20.2. The molecule has 2 nitrogen and oxygen atoms in total. The van der Waals surface area contributed by atoms with Crippen molar-refractivity contribution >= 4 is 10.9 Å². The number of pyridine rings is 1. The zero-order chi connectivity index (χ0) is 12.4. The predicted molar refractivity (Wildman–Crippen MR) is 75.8 cm³/mol. The maximum absolute atomic E-state index is 4.46. The van der Waals surface area contributed by atoms with E-state index in [1.54, 1.807) is 0 Å². The SMILES string of the molecule is Cc1cnc2ccc(CC3CCCNC3)cc2c1. The first-order chi connectivity index (χ1) is 8.81. The highest BCUT2D eigenvalue weighted by Gasteiger charge is 2.13. The van der Waals surface area contributed by atoms with Crippen LogP contribution in [-0.4, -0.2) is 18.1 Å². The summed E-state index contributed by atoms with van der Waals surface area (Å²) < 4.78 is 0. The molecule has 0 saturated carbocycles. The fraction of sp³-hybridized carbons (Fsp3) is 0.438. The molecule has 1 N–H and O–H groups in total. The summed E-state index contributed by atoms with van der Waals surface area (Å²) in [4.78, 5) is 4.46. The Morgan fingerprint density at radius 1 is 1.33 bits per heavy atom. The van der Waals surface area contributed by atoms with Gasteiger partial charge in [0.1, 0.15) is 0 Å². The van der Waals surface area contributed by atoms with Crippen LogP contribution in [0.15, 0.2) is 30.5 Å². The Kier molecular flexibility index (Phi) is 3.28. The third-order valence-corrected chi connectivity index (χ3v) is 3.81. The van der Waals surface area contributed by atoms with Gasteiger partial charge in [-0.15, -0.1) is 0 Å². The van der Waals surface area contributed by atoms with E-state index in [1.807, 2.05) is 6.20 Å². The molecule has 2 heteroatoms. The molecule has 0 bridgehead atoms. The maximum atomic E-state index is 4.46. The Morgan fingerprint density at radius 3 is 3.11 bits per heavy atom. The van der Waals surface area contributed by atoms with Gasteiger partial charge in [-0.3, -0.25) is 4.98 Å². The van der Waals surface area contributed by atoms with Crippen LogP contribution in [-0.2, 0) is 6.42 Å². The van der Waals surface area contributed by atoms with Crippen LogP contribution in [0.3, 0.4) is 0 Å². The number of fused-ring (bicyclic) bond motifs is 1. The Bertz CT molecular complexity index is 542. The number of aromatic nitrogens is 1. The minimum atomic E-state index is 0.800. The molecule has 1 unspecified atom stereocenters. The van der Waals surface area contributed by atoms with Crippen molar-refractivity contribution in [3.05, 3.63) is 41.6 Å². The molecule has 1 aromatic carbocycles. The van der Waals surface area contributed by atoms with Crippen molar-refractivity contribution in [3.8, 4) is 0 Å². The highest BCUT2D eigenvalue weighted by atomic mass is 14.9. The lowest BCUT2D eigenvalue weighted by Crippen LogP contribution is -2.30. The second-order valence-electron chi connectivity index (χ2n) is 5.46. The molecule has 18 heavy (non-hydrogen) atoms. The number of hydrogen-bond donors (Lipinski definition) is 1. The average Bonchev–Trinajstić information content (AvgIpc) is 2.39. The van der Waals surface area contributed by atoms with Gasteiger partial charge in [0, 0.05) is 11.6 Å². The van der Waals surface area contributed by atoms with Gasteiger partial charge in [0.15, 0.2) is 0 Å². The first kappa shape index (κ1) is 11.7. The molecule has 3 rings (SSSR count). The number of benzene rings is 1. The number of nitrogens with one attached hydrogen (secondary N) is 1. The second kappa shape index (κ2) is 5.07. The number of hydrogen-bond acceptors (Lipinski definition) is 2. The molecule has 2 heterocycles. The Hall–Kier alpha value is -1.41. The standard InChI is InChI=1S/C16H20N2/c1-12-7-15-9-13(4-5-16(15)18-10-12)8-14-3-2-6-17-11-14/h4-5,7,9-10,14,17H,2-3,6,8,11H2,1H3. The fourth-order valence-corrected chi connectivity index (χ4v) is 2.85. The number of nitrogens with zero attached hydrogens (tertiary/aromatic N) is 1. The monoisotopic (exact) mass is 240 g/mol. The van der Waals surface area contributed by atoms with Gasteiger partial charge in [0.25, 0.3) is 0 Å². The third-order valence-electron chi connectivity index (χ3n) is 3.81. The minimum absolute atomic E-state index is 0.800. The summed E-state index contributed by atoms with van der Waals surface area (Å²) in [5, 5.41) is 4.76. The second-order valence-corrected chi connectivity index (χ2v) is 5.46. The van der Waals surface area contributed by atoms with Crippen molar-refractivity contribution < 1.29 is 0 Å². The quantitative estimate of drug-likeness (QED) is 0.872. The molecule has 1 fully saturated rings. The molecule has 1 atom stereocenters. The van der Waals surface area contributed by atoms with Gasteiger partial charge in [-0.2, -0.15) is 0 Å². The van der Waals surface area contributed by atoms with Gasteiger partial charge >= 0.3 is 0 Å². The summed E-state index contributed by atoms with van der Waals surface area (Å²) in [7, 11) is 0. The molecular formula is C16H20N2. The van der Waals surface area contributed by atoms with Gasteiger partial charge < -0.3 is 5.32 Å². The highest BCUT2D eigenvalue weighted by molar-refractivity contribution is 5.79. The zero-order valence-corrected chi connectivity index (χ0v) is 10.9. The van der Waals surface area contributed by atoms with E-state index in [2.05, 4.69) is 41.5 Å². The van der Waals surface area contributed by atoms with E-state index in [-0.39, 0.29) is 0 Å². The molecule has 0 radical (unpaired) electrons. The van der Waals surface area contributed by atoms with Crippen LogP contribution in [0.4, 0.5) is 0 Å². The molecule has 0 spiro atoms. The first-order valence-electron chi connectivity index (χ1n) is 6.87. The van der Waals surface area contributed by atoms with Crippen molar-refractivity contribution in [2.75, 3.05) is 13.1 Å². The third kappa shape index (κ3) is 2.54. The van der Waals surface area contributed by atoms with Crippen LogP contribution < -0.4 is 5.32 Å². The smallest absolute Gasteiger partial charge is 0.0702 e. The zero-order valence-electron chi connectivity index (χ0n) is 10.9. The van der Waals surface area contributed by atoms with E-state index in [0.717, 1.165) is 11.4 Å².